The Morgan fingerprint density at radius 2 is 2.09 bits per heavy atom. The summed E-state index contributed by atoms with van der Waals surface area (Å²) in [5, 5.41) is 11.9. The zero-order valence-electron chi connectivity index (χ0n) is 5.61. The van der Waals surface area contributed by atoms with E-state index < -0.39 is 0 Å². The molecule has 0 aromatic heterocycles. The minimum absolute atomic E-state index is 0.170. The molecular formula is C7H7NOS2. The van der Waals surface area contributed by atoms with Crippen LogP contribution in [0.25, 0.3) is 0 Å². The summed E-state index contributed by atoms with van der Waals surface area (Å²) in [5.41, 5.74) is 0.576. The number of aromatic hydroxyl groups is 1. The van der Waals surface area contributed by atoms with Crippen LogP contribution in [0, 0.1) is 0 Å². The number of hydrogen-bond acceptors (Lipinski definition) is 2. The molecule has 0 aliphatic rings. The molecule has 11 heavy (non-hydrogen) atoms. The Labute approximate surface area is 75.7 Å². The van der Waals surface area contributed by atoms with Gasteiger partial charge in [0.15, 0.2) is 0 Å². The second kappa shape index (κ2) is 3.59. The van der Waals surface area contributed by atoms with E-state index in [1.165, 1.54) is 0 Å². The first-order valence-corrected chi connectivity index (χ1v) is 3.83. The molecule has 2 N–H and O–H groups in total. The summed E-state index contributed by atoms with van der Waals surface area (Å²) >= 11 is 8.55. The maximum Gasteiger partial charge on any atom is 0.139 e. The molecule has 0 aliphatic carbocycles. The minimum Gasteiger partial charge on any atom is -0.506 e. The lowest BCUT2D eigenvalue weighted by Crippen LogP contribution is -2.00. The van der Waals surface area contributed by atoms with Crippen molar-refractivity contribution in [3.05, 3.63) is 24.3 Å². The van der Waals surface area contributed by atoms with Gasteiger partial charge in [-0.15, -0.1) is 12.6 Å². The van der Waals surface area contributed by atoms with Crippen molar-refractivity contribution < 1.29 is 5.11 Å². The monoisotopic (exact) mass is 185 g/mol. The van der Waals surface area contributed by atoms with Gasteiger partial charge in [0.2, 0.25) is 0 Å². The molecule has 0 bridgehead atoms. The second-order valence-electron chi connectivity index (χ2n) is 1.95. The number of anilines is 1. The summed E-state index contributed by atoms with van der Waals surface area (Å²) in [4.78, 5) is 0. The molecule has 1 aromatic rings. The number of nitrogens with one attached hydrogen (secondary N) is 1. The first kappa shape index (κ1) is 8.36. The number of thiol groups is 1. The maximum atomic E-state index is 9.20. The quantitative estimate of drug-likeness (QED) is 0.355. The molecule has 0 atom stereocenters. The largest absolute Gasteiger partial charge is 0.506 e. The molecule has 0 saturated carbocycles. The Balaban J connectivity index is 2.86. The summed E-state index contributed by atoms with van der Waals surface area (Å²) in [5.74, 6) is 0.170. The highest BCUT2D eigenvalue weighted by Crippen LogP contribution is 2.21. The summed E-state index contributed by atoms with van der Waals surface area (Å²) in [7, 11) is 0. The Bertz CT molecular complexity index is 275. The fourth-order valence-electron chi connectivity index (χ4n) is 0.695. The zero-order chi connectivity index (χ0) is 8.27. The molecule has 0 aliphatic heterocycles. The Hall–Kier alpha value is -0.740. The van der Waals surface area contributed by atoms with Crippen LogP contribution in [0.2, 0.25) is 0 Å². The normalized spacial score (nSPS) is 9.18. The van der Waals surface area contributed by atoms with Crippen molar-refractivity contribution in [2.45, 2.75) is 0 Å². The lowest BCUT2D eigenvalue weighted by atomic mass is 10.3. The minimum atomic E-state index is 0.170. The SMILES string of the molecule is Oc1ccccc1NC(=S)S. The average molecular weight is 185 g/mol. The van der Waals surface area contributed by atoms with Crippen LogP contribution in [0.5, 0.6) is 5.75 Å². The van der Waals surface area contributed by atoms with Crippen molar-refractivity contribution >= 4 is 34.9 Å². The van der Waals surface area contributed by atoms with E-state index >= 15 is 0 Å². The predicted molar refractivity (Wildman–Crippen MR) is 53.3 cm³/mol. The number of hydrogen-bond donors (Lipinski definition) is 3. The summed E-state index contributed by atoms with van der Waals surface area (Å²) < 4.78 is 0.339. The summed E-state index contributed by atoms with van der Waals surface area (Å²) in [6, 6.07) is 6.84. The number of phenolic OH excluding ortho intramolecular Hbond substituents is 1. The standard InChI is InChI=1S/C7H7NOS2/c9-6-4-2-1-3-5(6)8-7(10)11/h1-4,9H,(H2,8,10,11). The Morgan fingerprint density at radius 3 is 2.64 bits per heavy atom. The van der Waals surface area contributed by atoms with Crippen LogP contribution >= 0.6 is 24.8 Å². The van der Waals surface area contributed by atoms with Gasteiger partial charge in [0.1, 0.15) is 10.1 Å². The molecule has 0 amide bonds. The number of phenols is 1. The summed E-state index contributed by atoms with van der Waals surface area (Å²) in [6.45, 7) is 0. The van der Waals surface area contributed by atoms with Crippen molar-refractivity contribution in [3.8, 4) is 5.75 Å². The third kappa shape index (κ3) is 2.40. The van der Waals surface area contributed by atoms with E-state index in [1.807, 2.05) is 0 Å². The molecule has 2 nitrogen and oxygen atoms in total. The van der Waals surface area contributed by atoms with Crippen molar-refractivity contribution in [3.63, 3.8) is 0 Å². The van der Waals surface area contributed by atoms with E-state index in [-0.39, 0.29) is 5.75 Å². The summed E-state index contributed by atoms with van der Waals surface area (Å²) in [6.07, 6.45) is 0. The third-order valence-electron chi connectivity index (χ3n) is 1.15. The van der Waals surface area contributed by atoms with E-state index in [1.54, 1.807) is 24.3 Å². The van der Waals surface area contributed by atoms with Gasteiger partial charge in [0.25, 0.3) is 0 Å². The Kier molecular flexibility index (Phi) is 2.73. The molecule has 0 unspecified atom stereocenters. The maximum absolute atomic E-state index is 9.20. The predicted octanol–water partition coefficient (Wildman–Crippen LogP) is 2.02. The van der Waals surface area contributed by atoms with Gasteiger partial charge in [0.05, 0.1) is 5.69 Å². The van der Waals surface area contributed by atoms with Gasteiger partial charge in [-0.05, 0) is 12.1 Å². The second-order valence-corrected chi connectivity index (χ2v) is 3.11. The van der Waals surface area contributed by atoms with E-state index in [0.717, 1.165) is 0 Å². The molecule has 0 saturated heterocycles. The van der Waals surface area contributed by atoms with Crippen molar-refractivity contribution in [1.82, 2.24) is 0 Å². The van der Waals surface area contributed by atoms with Crippen LogP contribution in [-0.4, -0.2) is 9.43 Å². The Morgan fingerprint density at radius 1 is 1.45 bits per heavy atom. The van der Waals surface area contributed by atoms with Gasteiger partial charge >= 0.3 is 0 Å². The average Bonchev–Trinajstić information content (AvgIpc) is 1.93. The third-order valence-corrected chi connectivity index (χ3v) is 1.36. The van der Waals surface area contributed by atoms with Crippen LogP contribution in [0.3, 0.4) is 0 Å². The molecule has 4 heteroatoms. The molecule has 1 aromatic carbocycles. The molecule has 0 radical (unpaired) electrons. The van der Waals surface area contributed by atoms with Gasteiger partial charge in [-0.1, -0.05) is 24.4 Å². The van der Waals surface area contributed by atoms with Crippen LogP contribution in [0.15, 0.2) is 24.3 Å². The topological polar surface area (TPSA) is 32.3 Å². The van der Waals surface area contributed by atoms with E-state index in [0.29, 0.717) is 10.0 Å². The van der Waals surface area contributed by atoms with E-state index in [9.17, 15) is 5.11 Å². The van der Waals surface area contributed by atoms with Crippen LogP contribution in [-0.2, 0) is 0 Å². The number of thiocarbonyl (C=S) groups is 1. The lowest BCUT2D eigenvalue weighted by Gasteiger charge is -2.03. The fourth-order valence-corrected chi connectivity index (χ4v) is 0.925. The van der Waals surface area contributed by atoms with Crippen molar-refractivity contribution in [2.24, 2.45) is 0 Å². The van der Waals surface area contributed by atoms with Crippen molar-refractivity contribution in [1.29, 1.82) is 0 Å². The number of para-hydroxylation sites is 2. The van der Waals surface area contributed by atoms with Crippen molar-refractivity contribution in [2.75, 3.05) is 5.32 Å². The highest BCUT2D eigenvalue weighted by molar-refractivity contribution is 8.11. The molecule has 1 rings (SSSR count). The molecule has 0 fully saturated rings. The molecular weight excluding hydrogens is 178 g/mol. The molecule has 0 spiro atoms. The highest BCUT2D eigenvalue weighted by atomic mass is 32.1. The van der Waals surface area contributed by atoms with E-state index in [2.05, 4.69) is 30.2 Å². The number of rotatable bonds is 1. The smallest absolute Gasteiger partial charge is 0.139 e. The van der Waals surface area contributed by atoms with Gasteiger partial charge in [-0.25, -0.2) is 0 Å². The van der Waals surface area contributed by atoms with Gasteiger partial charge in [0, 0.05) is 0 Å². The molecule has 58 valence electrons. The van der Waals surface area contributed by atoms with E-state index in [4.69, 9.17) is 0 Å². The number of benzene rings is 1. The first-order chi connectivity index (χ1) is 5.20. The lowest BCUT2D eigenvalue weighted by molar-refractivity contribution is 0.478. The van der Waals surface area contributed by atoms with Gasteiger partial charge < -0.3 is 10.4 Å². The fraction of sp³-hybridized carbons (Fsp3) is 0. The van der Waals surface area contributed by atoms with Crippen LogP contribution in [0.1, 0.15) is 0 Å². The highest BCUT2D eigenvalue weighted by Gasteiger charge is 1.97. The molecule has 0 heterocycles. The first-order valence-electron chi connectivity index (χ1n) is 2.98. The van der Waals surface area contributed by atoms with Gasteiger partial charge in [-0.2, -0.15) is 0 Å². The van der Waals surface area contributed by atoms with Crippen LogP contribution < -0.4 is 5.32 Å². The van der Waals surface area contributed by atoms with Crippen LogP contribution in [0.4, 0.5) is 5.69 Å². The zero-order valence-corrected chi connectivity index (χ0v) is 7.32. The van der Waals surface area contributed by atoms with Gasteiger partial charge in [-0.3, -0.25) is 0 Å².